The van der Waals surface area contributed by atoms with Gasteiger partial charge in [-0.05, 0) is 51.2 Å². The Hall–Kier alpha value is -0.890. The molecule has 0 rings (SSSR count). The van der Waals surface area contributed by atoms with E-state index in [9.17, 15) is 9.90 Å². The maximum Gasteiger partial charge on any atom is 0.155 e. The average Bonchev–Trinajstić information content (AvgIpc) is 2.26. The Morgan fingerprint density at radius 1 is 1.37 bits per heavy atom. The Kier molecular flexibility index (Phi) is 8.66. The second-order valence-corrected chi connectivity index (χ2v) is 6.16. The number of aliphatic hydroxyl groups is 1. The van der Waals surface area contributed by atoms with Crippen molar-refractivity contribution in [2.75, 3.05) is 0 Å². The van der Waals surface area contributed by atoms with Crippen molar-refractivity contribution in [1.29, 1.82) is 0 Å². The second-order valence-electron chi connectivity index (χ2n) is 6.16. The van der Waals surface area contributed by atoms with Gasteiger partial charge in [0.05, 0.1) is 5.60 Å². The fourth-order valence-corrected chi connectivity index (χ4v) is 1.89. The number of ketones is 1. The summed E-state index contributed by atoms with van der Waals surface area (Å²) in [6.07, 6.45) is 10.5. The van der Waals surface area contributed by atoms with Crippen molar-refractivity contribution in [3.05, 3.63) is 23.8 Å². The van der Waals surface area contributed by atoms with Gasteiger partial charge in [0, 0.05) is 6.42 Å². The number of hydrogen-bond acceptors (Lipinski definition) is 2. The molecule has 2 nitrogen and oxygen atoms in total. The summed E-state index contributed by atoms with van der Waals surface area (Å²) >= 11 is 0. The molecular weight excluding hydrogens is 236 g/mol. The topological polar surface area (TPSA) is 37.3 Å². The van der Waals surface area contributed by atoms with Gasteiger partial charge in [-0.1, -0.05) is 38.8 Å². The van der Waals surface area contributed by atoms with Gasteiger partial charge >= 0.3 is 0 Å². The van der Waals surface area contributed by atoms with Crippen LogP contribution in [0.2, 0.25) is 0 Å². The molecule has 0 fully saturated rings. The zero-order chi connectivity index (χ0) is 14.9. The molecule has 0 saturated heterocycles. The fraction of sp³-hybridized carbons (Fsp3) is 0.706. The van der Waals surface area contributed by atoms with Crippen LogP contribution in [0, 0.1) is 5.92 Å². The van der Waals surface area contributed by atoms with Crippen molar-refractivity contribution in [3.8, 4) is 0 Å². The minimum Gasteiger partial charge on any atom is -0.390 e. The minimum atomic E-state index is -0.546. The summed E-state index contributed by atoms with van der Waals surface area (Å²) < 4.78 is 0. The zero-order valence-electron chi connectivity index (χ0n) is 13.2. The third-order valence-corrected chi connectivity index (χ3v) is 3.14. The molecule has 0 aliphatic heterocycles. The summed E-state index contributed by atoms with van der Waals surface area (Å²) in [5.74, 6) is 0.800. The number of allylic oxidation sites excluding steroid dienone is 4. The van der Waals surface area contributed by atoms with Crippen molar-refractivity contribution >= 4 is 5.78 Å². The molecule has 19 heavy (non-hydrogen) atoms. The van der Waals surface area contributed by atoms with Crippen LogP contribution in [0.25, 0.3) is 0 Å². The molecule has 1 unspecified atom stereocenters. The molecule has 1 N–H and O–H groups in total. The molecule has 0 heterocycles. The lowest BCUT2D eigenvalue weighted by molar-refractivity contribution is -0.114. The van der Waals surface area contributed by atoms with E-state index in [4.69, 9.17) is 0 Å². The maximum atomic E-state index is 11.2. The van der Waals surface area contributed by atoms with Crippen molar-refractivity contribution in [2.45, 2.75) is 72.3 Å². The first-order valence-electron chi connectivity index (χ1n) is 7.34. The largest absolute Gasteiger partial charge is 0.390 e. The van der Waals surface area contributed by atoms with Crippen molar-refractivity contribution < 1.29 is 9.90 Å². The molecule has 0 bridgehead atoms. The second kappa shape index (κ2) is 9.08. The third kappa shape index (κ3) is 11.9. The average molecular weight is 266 g/mol. The number of rotatable bonds is 9. The molecule has 1 atom stereocenters. The van der Waals surface area contributed by atoms with Crippen LogP contribution < -0.4 is 0 Å². The predicted molar refractivity (Wildman–Crippen MR) is 82.1 cm³/mol. The van der Waals surface area contributed by atoms with Crippen LogP contribution in [0.4, 0.5) is 0 Å². The standard InChI is InChI=1S/C17H30O2/c1-6-16(18)13-15(3)10-7-9-14(2)11-8-12-17(4,5)19/h7,10,13-14,19H,6,8-9,11-12H2,1-5H3. The molecule has 0 radical (unpaired) electrons. The molecular formula is C17H30O2. The van der Waals surface area contributed by atoms with E-state index in [-0.39, 0.29) is 5.78 Å². The van der Waals surface area contributed by atoms with Gasteiger partial charge in [-0.25, -0.2) is 0 Å². The van der Waals surface area contributed by atoms with Crippen LogP contribution in [0.1, 0.15) is 66.7 Å². The van der Waals surface area contributed by atoms with Crippen LogP contribution in [0.3, 0.4) is 0 Å². The fourth-order valence-electron chi connectivity index (χ4n) is 1.89. The highest BCUT2D eigenvalue weighted by Gasteiger charge is 2.12. The van der Waals surface area contributed by atoms with Gasteiger partial charge in [0.2, 0.25) is 0 Å². The maximum absolute atomic E-state index is 11.2. The van der Waals surface area contributed by atoms with Gasteiger partial charge in [-0.15, -0.1) is 0 Å². The van der Waals surface area contributed by atoms with Crippen LogP contribution >= 0.6 is 0 Å². The summed E-state index contributed by atoms with van der Waals surface area (Å²) in [5, 5.41) is 9.63. The lowest BCUT2D eigenvalue weighted by Gasteiger charge is -2.17. The van der Waals surface area contributed by atoms with Gasteiger partial charge in [0.25, 0.3) is 0 Å². The van der Waals surface area contributed by atoms with Gasteiger partial charge in [-0.3, -0.25) is 4.79 Å². The van der Waals surface area contributed by atoms with Crippen molar-refractivity contribution in [3.63, 3.8) is 0 Å². The summed E-state index contributed by atoms with van der Waals surface area (Å²) in [7, 11) is 0. The molecule has 110 valence electrons. The van der Waals surface area contributed by atoms with E-state index in [1.807, 2.05) is 33.8 Å². The van der Waals surface area contributed by atoms with E-state index in [1.54, 1.807) is 6.08 Å². The van der Waals surface area contributed by atoms with Crippen molar-refractivity contribution in [1.82, 2.24) is 0 Å². The van der Waals surface area contributed by atoms with Gasteiger partial charge in [-0.2, -0.15) is 0 Å². The van der Waals surface area contributed by atoms with Gasteiger partial charge in [0.15, 0.2) is 5.78 Å². The Morgan fingerprint density at radius 2 is 2.00 bits per heavy atom. The summed E-state index contributed by atoms with van der Waals surface area (Å²) in [6, 6.07) is 0. The minimum absolute atomic E-state index is 0.181. The highest BCUT2D eigenvalue weighted by Crippen LogP contribution is 2.18. The van der Waals surface area contributed by atoms with Gasteiger partial charge in [0.1, 0.15) is 0 Å². The molecule has 2 heteroatoms. The quantitative estimate of drug-likeness (QED) is 0.495. The summed E-state index contributed by atoms with van der Waals surface area (Å²) in [4.78, 5) is 11.2. The lowest BCUT2D eigenvalue weighted by Crippen LogP contribution is -2.18. The Balaban J connectivity index is 3.93. The molecule has 0 aromatic carbocycles. The van der Waals surface area contributed by atoms with E-state index in [0.717, 1.165) is 31.3 Å². The zero-order valence-corrected chi connectivity index (χ0v) is 13.2. The molecule has 0 aliphatic carbocycles. The number of carbonyl (C=O) groups excluding carboxylic acids is 1. The Bertz CT molecular complexity index is 319. The normalized spacial score (nSPS) is 14.9. The molecule has 0 amide bonds. The van der Waals surface area contributed by atoms with E-state index in [0.29, 0.717) is 12.3 Å². The molecule has 0 spiro atoms. The number of hydrogen-bond donors (Lipinski definition) is 1. The lowest BCUT2D eigenvalue weighted by atomic mass is 9.95. The molecule has 0 aliphatic rings. The van der Waals surface area contributed by atoms with E-state index < -0.39 is 5.60 Å². The monoisotopic (exact) mass is 266 g/mol. The highest BCUT2D eigenvalue weighted by atomic mass is 16.3. The van der Waals surface area contributed by atoms with Crippen molar-refractivity contribution in [2.24, 2.45) is 5.92 Å². The SMILES string of the molecule is CCC(=O)C=C(C)C=CCC(C)CCCC(C)(C)O. The first kappa shape index (κ1) is 18.1. The predicted octanol–water partition coefficient (Wildman–Crippen LogP) is 4.44. The number of carbonyl (C=O) groups is 1. The summed E-state index contributed by atoms with van der Waals surface area (Å²) in [6.45, 7) is 9.78. The first-order chi connectivity index (χ1) is 8.74. The van der Waals surface area contributed by atoms with Crippen LogP contribution in [0.5, 0.6) is 0 Å². The molecule has 0 aromatic rings. The smallest absolute Gasteiger partial charge is 0.155 e. The van der Waals surface area contributed by atoms with E-state index in [2.05, 4.69) is 13.0 Å². The van der Waals surface area contributed by atoms with E-state index in [1.165, 1.54) is 0 Å². The van der Waals surface area contributed by atoms with Gasteiger partial charge < -0.3 is 5.11 Å². The Labute approximate surface area is 118 Å². The van der Waals surface area contributed by atoms with Crippen LogP contribution in [-0.4, -0.2) is 16.5 Å². The van der Waals surface area contributed by atoms with Crippen LogP contribution in [0.15, 0.2) is 23.8 Å². The Morgan fingerprint density at radius 3 is 2.53 bits per heavy atom. The first-order valence-corrected chi connectivity index (χ1v) is 7.34. The third-order valence-electron chi connectivity index (χ3n) is 3.14. The summed E-state index contributed by atoms with van der Waals surface area (Å²) in [5.41, 5.74) is 0.477. The van der Waals surface area contributed by atoms with Crippen LogP contribution in [-0.2, 0) is 4.79 Å². The molecule has 0 aromatic heterocycles. The van der Waals surface area contributed by atoms with E-state index >= 15 is 0 Å². The molecule has 0 saturated carbocycles. The highest BCUT2D eigenvalue weighted by molar-refractivity contribution is 5.90.